The maximum absolute atomic E-state index is 10.6. The number of nitrogens with zero attached hydrogens (tertiary/aromatic N) is 2. The summed E-state index contributed by atoms with van der Waals surface area (Å²) in [5.41, 5.74) is -0.341. The Morgan fingerprint density at radius 3 is 2.73 bits per heavy atom. The van der Waals surface area contributed by atoms with Gasteiger partial charge in [-0.05, 0) is 13.0 Å². The minimum absolute atomic E-state index is 0.0141. The van der Waals surface area contributed by atoms with Crippen LogP contribution in [0.5, 0.6) is 5.75 Å². The second kappa shape index (κ2) is 4.14. The number of benzene rings is 1. The average molecular weight is 231 g/mol. The number of halogens is 1. The number of hydrogen-bond acceptors (Lipinski definition) is 5. The Bertz CT molecular complexity index is 445. The maximum Gasteiger partial charge on any atom is 0.315 e. The molecule has 0 saturated carbocycles. The summed E-state index contributed by atoms with van der Waals surface area (Å²) in [7, 11) is 0. The second-order valence-corrected chi connectivity index (χ2v) is 3.18. The van der Waals surface area contributed by atoms with Gasteiger partial charge in [0, 0.05) is 11.1 Å². The number of nitro groups is 1. The topological polar surface area (TPSA) is 96.0 Å². The molecule has 0 spiro atoms. The van der Waals surface area contributed by atoms with Gasteiger partial charge in [0.2, 0.25) is 5.75 Å². The standard InChI is InChI=1S/C8H7ClN2O4/c1-4-6(9)2-5(3-10-13)8(12)7(4)11(14)15/h2-3,12-13H,1H3. The highest BCUT2D eigenvalue weighted by Gasteiger charge is 2.22. The number of nitro benzene ring substituents is 1. The normalized spacial score (nSPS) is 10.8. The molecule has 0 aliphatic heterocycles. The van der Waals surface area contributed by atoms with E-state index in [2.05, 4.69) is 5.16 Å². The molecule has 0 aliphatic rings. The highest BCUT2D eigenvalue weighted by atomic mass is 35.5. The van der Waals surface area contributed by atoms with Gasteiger partial charge in [-0.25, -0.2) is 0 Å². The SMILES string of the molecule is Cc1c(Cl)cc(C=NO)c(O)c1[N+](=O)[O-]. The molecule has 15 heavy (non-hydrogen) atoms. The van der Waals surface area contributed by atoms with E-state index in [1.807, 2.05) is 0 Å². The van der Waals surface area contributed by atoms with Gasteiger partial charge in [0.25, 0.3) is 0 Å². The lowest BCUT2D eigenvalue weighted by molar-refractivity contribution is -0.386. The third-order valence-electron chi connectivity index (χ3n) is 1.87. The van der Waals surface area contributed by atoms with Crippen molar-refractivity contribution in [3.8, 4) is 5.75 Å². The van der Waals surface area contributed by atoms with Gasteiger partial charge in [-0.2, -0.15) is 0 Å². The van der Waals surface area contributed by atoms with Crippen molar-refractivity contribution in [1.82, 2.24) is 0 Å². The van der Waals surface area contributed by atoms with Crippen LogP contribution >= 0.6 is 11.6 Å². The maximum atomic E-state index is 10.6. The highest BCUT2D eigenvalue weighted by Crippen LogP contribution is 2.36. The molecule has 6 nitrogen and oxygen atoms in total. The van der Waals surface area contributed by atoms with E-state index in [1.165, 1.54) is 13.0 Å². The molecule has 1 aromatic carbocycles. The first-order valence-electron chi connectivity index (χ1n) is 3.83. The predicted molar refractivity (Wildman–Crippen MR) is 53.9 cm³/mol. The summed E-state index contributed by atoms with van der Waals surface area (Å²) >= 11 is 5.71. The van der Waals surface area contributed by atoms with Crippen LogP contribution in [0.2, 0.25) is 5.02 Å². The fourth-order valence-electron chi connectivity index (χ4n) is 1.12. The number of phenols is 1. The Morgan fingerprint density at radius 1 is 1.67 bits per heavy atom. The largest absolute Gasteiger partial charge is 0.502 e. The molecule has 0 radical (unpaired) electrons. The van der Waals surface area contributed by atoms with E-state index in [0.717, 1.165) is 6.21 Å². The number of oxime groups is 1. The van der Waals surface area contributed by atoms with E-state index < -0.39 is 16.4 Å². The molecule has 0 heterocycles. The summed E-state index contributed by atoms with van der Waals surface area (Å²) in [6.45, 7) is 1.42. The Hall–Kier alpha value is -1.82. The molecule has 0 aromatic heterocycles. The number of hydrogen-bond donors (Lipinski definition) is 2. The van der Waals surface area contributed by atoms with Crippen LogP contribution in [0.1, 0.15) is 11.1 Å². The Balaban J connectivity index is 3.56. The zero-order valence-electron chi connectivity index (χ0n) is 7.64. The van der Waals surface area contributed by atoms with E-state index in [-0.39, 0.29) is 16.1 Å². The lowest BCUT2D eigenvalue weighted by Crippen LogP contribution is -1.96. The Morgan fingerprint density at radius 2 is 2.27 bits per heavy atom. The van der Waals surface area contributed by atoms with Crippen LogP contribution in [0.3, 0.4) is 0 Å². The van der Waals surface area contributed by atoms with Gasteiger partial charge in [0.1, 0.15) is 0 Å². The smallest absolute Gasteiger partial charge is 0.315 e. The summed E-state index contributed by atoms with van der Waals surface area (Å²) in [5.74, 6) is -0.570. The lowest BCUT2D eigenvalue weighted by Gasteiger charge is -2.04. The van der Waals surface area contributed by atoms with Crippen LogP contribution in [0.25, 0.3) is 0 Å². The predicted octanol–water partition coefficient (Wildman–Crippen LogP) is 2.07. The monoisotopic (exact) mass is 230 g/mol. The lowest BCUT2D eigenvalue weighted by atomic mass is 10.1. The van der Waals surface area contributed by atoms with E-state index in [4.69, 9.17) is 16.8 Å². The molecule has 80 valence electrons. The molecular formula is C8H7ClN2O4. The molecule has 1 rings (SSSR count). The van der Waals surface area contributed by atoms with Crippen molar-refractivity contribution in [3.05, 3.63) is 32.3 Å². The summed E-state index contributed by atoms with van der Waals surface area (Å²) in [6, 6.07) is 1.28. The quantitative estimate of drug-likeness (QED) is 0.352. The fourth-order valence-corrected chi connectivity index (χ4v) is 1.33. The third kappa shape index (κ3) is 1.99. The number of rotatable bonds is 2. The summed E-state index contributed by atoms with van der Waals surface area (Å²) in [4.78, 5) is 9.89. The first-order valence-corrected chi connectivity index (χ1v) is 4.20. The van der Waals surface area contributed by atoms with Gasteiger partial charge in [-0.3, -0.25) is 10.1 Å². The van der Waals surface area contributed by atoms with E-state index in [9.17, 15) is 15.2 Å². The first-order chi connectivity index (χ1) is 6.99. The molecule has 0 bridgehead atoms. The third-order valence-corrected chi connectivity index (χ3v) is 2.27. The van der Waals surface area contributed by atoms with Gasteiger partial charge >= 0.3 is 5.69 Å². The van der Waals surface area contributed by atoms with Crippen LogP contribution in [-0.2, 0) is 0 Å². The summed E-state index contributed by atoms with van der Waals surface area (Å²) < 4.78 is 0. The van der Waals surface area contributed by atoms with Crippen molar-refractivity contribution in [3.63, 3.8) is 0 Å². The van der Waals surface area contributed by atoms with Crippen molar-refractivity contribution in [1.29, 1.82) is 0 Å². The first kappa shape index (κ1) is 11.3. The molecule has 7 heteroatoms. The van der Waals surface area contributed by atoms with Gasteiger partial charge < -0.3 is 10.3 Å². The molecule has 1 aromatic rings. The van der Waals surface area contributed by atoms with Crippen LogP contribution in [0.4, 0.5) is 5.69 Å². The van der Waals surface area contributed by atoms with Crippen molar-refractivity contribution < 1.29 is 15.2 Å². The molecule has 0 atom stereocenters. The van der Waals surface area contributed by atoms with Crippen molar-refractivity contribution in [2.45, 2.75) is 6.92 Å². The molecule has 0 fully saturated rings. The van der Waals surface area contributed by atoms with Crippen molar-refractivity contribution in [2.24, 2.45) is 5.16 Å². The van der Waals surface area contributed by atoms with E-state index in [1.54, 1.807) is 0 Å². The Labute approximate surface area is 89.6 Å². The zero-order valence-corrected chi connectivity index (χ0v) is 8.39. The zero-order chi connectivity index (χ0) is 11.6. The molecule has 0 saturated heterocycles. The Kier molecular flexibility index (Phi) is 3.11. The average Bonchev–Trinajstić information content (AvgIpc) is 2.14. The highest BCUT2D eigenvalue weighted by molar-refractivity contribution is 6.32. The molecule has 2 N–H and O–H groups in total. The minimum Gasteiger partial charge on any atom is -0.502 e. The van der Waals surface area contributed by atoms with Gasteiger partial charge in [0.15, 0.2) is 0 Å². The van der Waals surface area contributed by atoms with E-state index in [0.29, 0.717) is 0 Å². The van der Waals surface area contributed by atoms with Crippen molar-refractivity contribution in [2.75, 3.05) is 0 Å². The number of aromatic hydroxyl groups is 1. The van der Waals surface area contributed by atoms with Gasteiger partial charge in [-0.15, -0.1) is 0 Å². The summed E-state index contributed by atoms with van der Waals surface area (Å²) in [5, 5.41) is 31.2. The van der Waals surface area contributed by atoms with Crippen LogP contribution < -0.4 is 0 Å². The van der Waals surface area contributed by atoms with Crippen LogP contribution in [-0.4, -0.2) is 21.5 Å². The second-order valence-electron chi connectivity index (χ2n) is 2.77. The molecule has 0 unspecified atom stereocenters. The van der Waals surface area contributed by atoms with Crippen LogP contribution in [0, 0.1) is 17.0 Å². The van der Waals surface area contributed by atoms with Gasteiger partial charge in [-0.1, -0.05) is 16.8 Å². The van der Waals surface area contributed by atoms with E-state index >= 15 is 0 Å². The number of phenolic OH excluding ortho intramolecular Hbond substituents is 1. The molecule has 0 amide bonds. The molecular weight excluding hydrogens is 224 g/mol. The minimum atomic E-state index is -0.745. The summed E-state index contributed by atoms with van der Waals surface area (Å²) in [6.07, 6.45) is 0.869. The van der Waals surface area contributed by atoms with Crippen molar-refractivity contribution >= 4 is 23.5 Å². The fraction of sp³-hybridized carbons (Fsp3) is 0.125. The van der Waals surface area contributed by atoms with Gasteiger partial charge in [0.05, 0.1) is 16.2 Å². The molecule has 0 aliphatic carbocycles. The van der Waals surface area contributed by atoms with Crippen LogP contribution in [0.15, 0.2) is 11.2 Å².